The molecule has 0 aliphatic carbocycles. The lowest BCUT2D eigenvalue weighted by Gasteiger charge is -2.06. The molecule has 0 unspecified atom stereocenters. The molecule has 0 radical (unpaired) electrons. The molecule has 0 aromatic carbocycles. The first-order valence-electron chi connectivity index (χ1n) is 5.14. The molecule has 0 aliphatic heterocycles. The fourth-order valence-corrected chi connectivity index (χ4v) is 2.22. The number of hydrogen-bond acceptors (Lipinski definition) is 5. The average Bonchev–Trinajstić information content (AvgIpc) is 2.76. The molecule has 2 heterocycles. The van der Waals surface area contributed by atoms with E-state index in [9.17, 15) is 0 Å². The minimum Gasteiger partial charge on any atom is -0.445 e. The van der Waals surface area contributed by atoms with Crippen molar-refractivity contribution in [2.75, 3.05) is 0 Å². The van der Waals surface area contributed by atoms with Crippen molar-refractivity contribution in [1.82, 2.24) is 9.97 Å². The van der Waals surface area contributed by atoms with Crippen LogP contribution < -0.4 is 0 Å². The Morgan fingerprint density at radius 1 is 1.47 bits per heavy atom. The molecule has 0 N–H and O–H groups in total. The fraction of sp³-hybridized carbons (Fsp3) is 0.250. The van der Waals surface area contributed by atoms with Gasteiger partial charge in [-0.2, -0.15) is 5.26 Å². The second-order valence-corrected chi connectivity index (χ2v) is 4.92. The molecule has 0 bridgehead atoms. The Morgan fingerprint density at radius 2 is 2.29 bits per heavy atom. The van der Waals surface area contributed by atoms with E-state index in [1.807, 2.05) is 13.8 Å². The molecule has 0 aliphatic rings. The van der Waals surface area contributed by atoms with Crippen molar-refractivity contribution in [2.45, 2.75) is 24.1 Å². The summed E-state index contributed by atoms with van der Waals surface area (Å²) in [4.78, 5) is 8.38. The number of aryl methyl sites for hydroxylation is 1. The van der Waals surface area contributed by atoms with Crippen LogP contribution >= 0.6 is 11.8 Å². The Bertz CT molecular complexity index is 559. The van der Waals surface area contributed by atoms with E-state index in [0.717, 1.165) is 10.8 Å². The molecule has 5 heteroatoms. The summed E-state index contributed by atoms with van der Waals surface area (Å²) in [6, 6.07) is 5.54. The predicted molar refractivity (Wildman–Crippen MR) is 64.5 cm³/mol. The molecule has 2 rings (SSSR count). The third-order valence-electron chi connectivity index (χ3n) is 2.15. The molecule has 0 fully saturated rings. The Hall–Kier alpha value is -1.80. The first-order valence-corrected chi connectivity index (χ1v) is 6.02. The van der Waals surface area contributed by atoms with Crippen LogP contribution in [0.4, 0.5) is 0 Å². The summed E-state index contributed by atoms with van der Waals surface area (Å²) in [5.41, 5.74) is 0.610. The van der Waals surface area contributed by atoms with Gasteiger partial charge in [-0.15, -0.1) is 0 Å². The molecule has 0 saturated heterocycles. The average molecular weight is 245 g/mol. The van der Waals surface area contributed by atoms with Gasteiger partial charge in [0.25, 0.3) is 0 Å². The van der Waals surface area contributed by atoms with Crippen LogP contribution in [0.15, 0.2) is 34.0 Å². The lowest BCUT2D eigenvalue weighted by atomic mass is 10.3. The third-order valence-corrected chi connectivity index (χ3v) is 3.17. The first kappa shape index (κ1) is 11.7. The second-order valence-electron chi connectivity index (χ2n) is 3.56. The van der Waals surface area contributed by atoms with Gasteiger partial charge in [-0.05, 0) is 26.0 Å². The Labute approximate surface area is 104 Å². The van der Waals surface area contributed by atoms with Crippen LogP contribution in [0.2, 0.25) is 0 Å². The van der Waals surface area contributed by atoms with Gasteiger partial charge in [0.2, 0.25) is 5.89 Å². The van der Waals surface area contributed by atoms with E-state index >= 15 is 0 Å². The molecule has 0 amide bonds. The molecular formula is C12H11N3OS. The molecule has 86 valence electrons. The van der Waals surface area contributed by atoms with Gasteiger partial charge >= 0.3 is 0 Å². The largest absolute Gasteiger partial charge is 0.445 e. The number of rotatable bonds is 3. The van der Waals surface area contributed by atoms with Crippen LogP contribution in [0.1, 0.15) is 29.4 Å². The first-order chi connectivity index (χ1) is 8.19. The van der Waals surface area contributed by atoms with Crippen LogP contribution in [0, 0.1) is 18.3 Å². The molecule has 2 aromatic heterocycles. The minimum absolute atomic E-state index is 0.0742. The van der Waals surface area contributed by atoms with E-state index in [1.54, 1.807) is 24.5 Å². The Morgan fingerprint density at radius 3 is 2.94 bits per heavy atom. The SMILES string of the molecule is Cc1cnc([C@@H](C)Sc2cc(C#N)ccn2)o1. The zero-order valence-electron chi connectivity index (χ0n) is 9.54. The molecule has 4 nitrogen and oxygen atoms in total. The van der Waals surface area contributed by atoms with Crippen molar-refractivity contribution in [3.8, 4) is 6.07 Å². The topological polar surface area (TPSA) is 62.7 Å². The van der Waals surface area contributed by atoms with Crippen molar-refractivity contribution in [3.63, 3.8) is 0 Å². The number of aromatic nitrogens is 2. The number of hydrogen-bond donors (Lipinski definition) is 0. The zero-order valence-corrected chi connectivity index (χ0v) is 10.4. The van der Waals surface area contributed by atoms with Gasteiger partial charge in [0.1, 0.15) is 5.76 Å². The van der Waals surface area contributed by atoms with Gasteiger partial charge in [-0.1, -0.05) is 11.8 Å². The molecule has 1 atom stereocenters. The lowest BCUT2D eigenvalue weighted by molar-refractivity contribution is 0.474. The van der Waals surface area contributed by atoms with E-state index in [4.69, 9.17) is 9.68 Å². The van der Waals surface area contributed by atoms with Crippen molar-refractivity contribution in [3.05, 3.63) is 41.7 Å². The monoisotopic (exact) mass is 245 g/mol. The molecule has 2 aromatic rings. The second kappa shape index (κ2) is 5.02. The summed E-state index contributed by atoms with van der Waals surface area (Å²) in [6.07, 6.45) is 3.33. The predicted octanol–water partition coefficient (Wildman–Crippen LogP) is 3.10. The highest BCUT2D eigenvalue weighted by Gasteiger charge is 2.13. The normalized spacial score (nSPS) is 12.1. The van der Waals surface area contributed by atoms with E-state index in [1.165, 1.54) is 11.8 Å². The zero-order chi connectivity index (χ0) is 12.3. The Kier molecular flexibility index (Phi) is 3.45. The van der Waals surface area contributed by atoms with E-state index in [2.05, 4.69) is 16.0 Å². The molecular weight excluding hydrogens is 234 g/mol. The van der Waals surface area contributed by atoms with Crippen LogP contribution in [0.3, 0.4) is 0 Å². The van der Waals surface area contributed by atoms with Gasteiger partial charge in [0, 0.05) is 6.20 Å². The highest BCUT2D eigenvalue weighted by atomic mass is 32.2. The summed E-state index contributed by atoms with van der Waals surface area (Å²) >= 11 is 1.52. The van der Waals surface area contributed by atoms with Crippen LogP contribution in [0.25, 0.3) is 0 Å². The molecule has 0 saturated carbocycles. The molecule has 0 spiro atoms. The van der Waals surface area contributed by atoms with Crippen LogP contribution in [0.5, 0.6) is 0 Å². The number of pyridine rings is 1. The van der Waals surface area contributed by atoms with Crippen molar-refractivity contribution in [1.29, 1.82) is 5.26 Å². The van der Waals surface area contributed by atoms with Crippen molar-refractivity contribution >= 4 is 11.8 Å². The number of nitrogens with zero attached hydrogens (tertiary/aromatic N) is 3. The minimum atomic E-state index is 0.0742. The third kappa shape index (κ3) is 2.86. The lowest BCUT2D eigenvalue weighted by Crippen LogP contribution is -1.90. The number of nitriles is 1. The highest BCUT2D eigenvalue weighted by molar-refractivity contribution is 7.99. The highest BCUT2D eigenvalue weighted by Crippen LogP contribution is 2.33. The van der Waals surface area contributed by atoms with Crippen molar-refractivity contribution < 1.29 is 4.42 Å². The maximum absolute atomic E-state index is 8.80. The molecule has 17 heavy (non-hydrogen) atoms. The van der Waals surface area contributed by atoms with Gasteiger partial charge in [0.05, 0.1) is 28.1 Å². The van der Waals surface area contributed by atoms with Crippen LogP contribution in [-0.2, 0) is 0 Å². The van der Waals surface area contributed by atoms with Crippen molar-refractivity contribution in [2.24, 2.45) is 0 Å². The quantitative estimate of drug-likeness (QED) is 0.777. The van der Waals surface area contributed by atoms with Gasteiger partial charge in [-0.3, -0.25) is 0 Å². The van der Waals surface area contributed by atoms with Gasteiger partial charge in [0.15, 0.2) is 0 Å². The summed E-state index contributed by atoms with van der Waals surface area (Å²) in [6.45, 7) is 3.86. The van der Waals surface area contributed by atoms with E-state index < -0.39 is 0 Å². The standard InChI is InChI=1S/C12H11N3OS/c1-8-7-15-12(16-8)9(2)17-11-5-10(6-13)3-4-14-11/h3-5,7,9H,1-2H3/t9-/m1/s1. The summed E-state index contributed by atoms with van der Waals surface area (Å²) < 4.78 is 5.45. The van der Waals surface area contributed by atoms with Gasteiger partial charge < -0.3 is 4.42 Å². The Balaban J connectivity index is 2.13. The smallest absolute Gasteiger partial charge is 0.207 e. The number of thioether (sulfide) groups is 1. The van der Waals surface area contributed by atoms with E-state index in [0.29, 0.717) is 11.5 Å². The maximum Gasteiger partial charge on any atom is 0.207 e. The summed E-state index contributed by atoms with van der Waals surface area (Å²) in [7, 11) is 0. The van der Waals surface area contributed by atoms with Gasteiger partial charge in [-0.25, -0.2) is 9.97 Å². The van der Waals surface area contributed by atoms with E-state index in [-0.39, 0.29) is 5.25 Å². The number of oxazole rings is 1. The summed E-state index contributed by atoms with van der Waals surface area (Å²) in [5, 5.41) is 9.67. The maximum atomic E-state index is 8.80. The fourth-order valence-electron chi connectivity index (χ4n) is 1.34. The van der Waals surface area contributed by atoms with Crippen LogP contribution in [-0.4, -0.2) is 9.97 Å². The summed E-state index contributed by atoms with van der Waals surface area (Å²) in [5.74, 6) is 1.47.